The van der Waals surface area contributed by atoms with Gasteiger partial charge in [-0.2, -0.15) is 0 Å². The van der Waals surface area contributed by atoms with Crippen LogP contribution < -0.4 is 9.47 Å². The zero-order valence-corrected chi connectivity index (χ0v) is 20.9. The SMILES string of the molecule is COC(=O)C(OC)c1cc(Br)cc(OC)c1.COc1cc(Br)cc(C(OC)C(=O)O)c1. The monoisotopic (exact) mass is 562 g/mol. The molecule has 2 rings (SSSR count). The van der Waals surface area contributed by atoms with E-state index in [9.17, 15) is 9.59 Å². The number of methoxy groups -OCH3 is 5. The van der Waals surface area contributed by atoms with Crippen LogP contribution in [0.5, 0.6) is 11.5 Å². The Balaban J connectivity index is 0.000000311. The van der Waals surface area contributed by atoms with Gasteiger partial charge in [0.2, 0.25) is 0 Å². The van der Waals surface area contributed by atoms with Crippen LogP contribution in [0.1, 0.15) is 23.3 Å². The van der Waals surface area contributed by atoms with Crippen molar-refractivity contribution < 1.29 is 38.4 Å². The largest absolute Gasteiger partial charge is 0.497 e. The van der Waals surface area contributed by atoms with Crippen LogP contribution in [0.15, 0.2) is 45.3 Å². The molecule has 0 amide bonds. The number of esters is 1. The topological polar surface area (TPSA) is 101 Å². The van der Waals surface area contributed by atoms with Crippen molar-refractivity contribution in [1.82, 2.24) is 0 Å². The second kappa shape index (κ2) is 13.3. The van der Waals surface area contributed by atoms with E-state index in [0.29, 0.717) is 22.6 Å². The Morgan fingerprint density at radius 3 is 1.48 bits per heavy atom. The minimum Gasteiger partial charge on any atom is -0.497 e. The normalized spacial score (nSPS) is 12.1. The highest BCUT2D eigenvalue weighted by atomic mass is 79.9. The van der Waals surface area contributed by atoms with E-state index in [-0.39, 0.29) is 0 Å². The van der Waals surface area contributed by atoms with Crippen LogP contribution >= 0.6 is 31.9 Å². The van der Waals surface area contributed by atoms with Gasteiger partial charge in [-0.1, -0.05) is 31.9 Å². The molecule has 0 heterocycles. The summed E-state index contributed by atoms with van der Waals surface area (Å²) >= 11 is 6.61. The molecule has 0 spiro atoms. The number of carbonyl (C=O) groups excluding carboxylic acids is 1. The summed E-state index contributed by atoms with van der Waals surface area (Å²) in [7, 11) is 7.21. The summed E-state index contributed by atoms with van der Waals surface area (Å²) in [5, 5.41) is 8.90. The molecule has 0 saturated heterocycles. The summed E-state index contributed by atoms with van der Waals surface area (Å²) in [5.41, 5.74) is 1.22. The van der Waals surface area contributed by atoms with E-state index in [1.807, 2.05) is 0 Å². The standard InChI is InChI=1S/C11H13BrO4.C10H11BrO4/c1-14-9-5-7(4-8(12)6-9)10(15-2)11(13)16-3;1-14-8-4-6(3-7(11)5-8)9(15-2)10(12)13/h4-6,10H,1-3H3;3-5,9H,1-2H3,(H,12,13). The molecule has 0 aliphatic carbocycles. The number of hydrogen-bond acceptors (Lipinski definition) is 7. The maximum atomic E-state index is 11.5. The van der Waals surface area contributed by atoms with Gasteiger partial charge in [0, 0.05) is 23.2 Å². The van der Waals surface area contributed by atoms with Crippen molar-refractivity contribution in [3.05, 3.63) is 56.5 Å². The fraction of sp³-hybridized carbons (Fsp3) is 0.333. The molecule has 2 unspecified atom stereocenters. The fourth-order valence-corrected chi connectivity index (χ4v) is 3.54. The van der Waals surface area contributed by atoms with Gasteiger partial charge < -0.3 is 28.8 Å². The van der Waals surface area contributed by atoms with Gasteiger partial charge >= 0.3 is 11.9 Å². The third-order valence-electron chi connectivity index (χ3n) is 3.98. The van der Waals surface area contributed by atoms with Gasteiger partial charge in [0.05, 0.1) is 21.3 Å². The highest BCUT2D eigenvalue weighted by Gasteiger charge is 2.22. The van der Waals surface area contributed by atoms with E-state index in [4.69, 9.17) is 24.1 Å². The lowest BCUT2D eigenvalue weighted by Crippen LogP contribution is -2.16. The Labute approximate surface area is 197 Å². The molecule has 10 heteroatoms. The minimum atomic E-state index is -1.03. The molecule has 2 atom stereocenters. The van der Waals surface area contributed by atoms with Crippen molar-refractivity contribution in [2.45, 2.75) is 12.2 Å². The third-order valence-corrected chi connectivity index (χ3v) is 4.89. The van der Waals surface area contributed by atoms with Gasteiger partial charge in [-0.05, 0) is 47.5 Å². The lowest BCUT2D eigenvalue weighted by Gasteiger charge is -2.14. The first-order valence-corrected chi connectivity index (χ1v) is 10.3. The quantitative estimate of drug-likeness (QED) is 0.467. The van der Waals surface area contributed by atoms with Gasteiger partial charge in [0.15, 0.2) is 12.2 Å². The molecule has 2 aromatic rings. The van der Waals surface area contributed by atoms with E-state index >= 15 is 0 Å². The van der Waals surface area contributed by atoms with E-state index in [1.54, 1.807) is 43.5 Å². The smallest absolute Gasteiger partial charge is 0.339 e. The van der Waals surface area contributed by atoms with Crippen LogP contribution in [0.4, 0.5) is 0 Å². The maximum Gasteiger partial charge on any atom is 0.339 e. The molecular weight excluding hydrogens is 540 g/mol. The van der Waals surface area contributed by atoms with Crippen molar-refractivity contribution in [3.63, 3.8) is 0 Å². The van der Waals surface area contributed by atoms with Gasteiger partial charge in [-0.25, -0.2) is 9.59 Å². The summed E-state index contributed by atoms with van der Waals surface area (Å²) in [6.07, 6.45) is -1.72. The van der Waals surface area contributed by atoms with E-state index < -0.39 is 24.1 Å². The molecule has 0 aromatic heterocycles. The van der Waals surface area contributed by atoms with Gasteiger partial charge in [0.1, 0.15) is 11.5 Å². The summed E-state index contributed by atoms with van der Waals surface area (Å²) in [6, 6.07) is 10.4. The van der Waals surface area contributed by atoms with Gasteiger partial charge in [-0.3, -0.25) is 0 Å². The molecule has 0 bridgehead atoms. The van der Waals surface area contributed by atoms with Crippen molar-refractivity contribution in [3.8, 4) is 11.5 Å². The second-order valence-corrected chi connectivity index (χ2v) is 7.77. The van der Waals surface area contributed by atoms with Crippen LogP contribution in [0.3, 0.4) is 0 Å². The molecule has 0 aliphatic heterocycles. The number of benzene rings is 2. The number of rotatable bonds is 8. The first-order chi connectivity index (χ1) is 14.7. The Hall–Kier alpha value is -2.14. The summed E-state index contributed by atoms with van der Waals surface area (Å²) in [4.78, 5) is 22.3. The predicted octanol–water partition coefficient (Wildman–Crippen LogP) is 4.55. The molecule has 0 aliphatic rings. The van der Waals surface area contributed by atoms with Crippen molar-refractivity contribution in [1.29, 1.82) is 0 Å². The Morgan fingerprint density at radius 1 is 0.742 bits per heavy atom. The zero-order chi connectivity index (χ0) is 23.6. The van der Waals surface area contributed by atoms with E-state index in [2.05, 4.69) is 36.6 Å². The number of halogens is 2. The van der Waals surface area contributed by atoms with Gasteiger partial charge in [0.25, 0.3) is 0 Å². The molecule has 1 N–H and O–H groups in total. The highest BCUT2D eigenvalue weighted by molar-refractivity contribution is 9.10. The molecule has 170 valence electrons. The number of carboxylic acid groups (broad SMARTS) is 1. The maximum absolute atomic E-state index is 11.5. The second-order valence-electron chi connectivity index (χ2n) is 5.94. The fourth-order valence-electron chi connectivity index (χ4n) is 2.56. The summed E-state index contributed by atoms with van der Waals surface area (Å²) in [5.74, 6) is -0.238. The van der Waals surface area contributed by atoms with Gasteiger partial charge in [-0.15, -0.1) is 0 Å². The van der Waals surface area contributed by atoms with Crippen molar-refractivity contribution in [2.75, 3.05) is 35.5 Å². The first-order valence-electron chi connectivity index (χ1n) is 8.75. The number of carboxylic acids is 1. The first kappa shape index (κ1) is 26.9. The average Bonchev–Trinajstić information content (AvgIpc) is 2.73. The molecular formula is C21H24Br2O8. The molecule has 8 nitrogen and oxygen atoms in total. The Kier molecular flexibility index (Phi) is 11.5. The number of aliphatic carboxylic acids is 1. The third kappa shape index (κ3) is 8.13. The lowest BCUT2D eigenvalue weighted by atomic mass is 10.1. The Morgan fingerprint density at radius 2 is 1.16 bits per heavy atom. The van der Waals surface area contributed by atoms with E-state index in [0.717, 1.165) is 8.95 Å². The van der Waals surface area contributed by atoms with Crippen molar-refractivity contribution >= 4 is 43.8 Å². The highest BCUT2D eigenvalue weighted by Crippen LogP contribution is 2.28. The summed E-state index contributed by atoms with van der Waals surface area (Å²) < 4.78 is 26.3. The molecule has 2 aromatic carbocycles. The zero-order valence-electron chi connectivity index (χ0n) is 17.7. The number of carbonyl (C=O) groups is 2. The molecule has 0 radical (unpaired) electrons. The molecule has 0 fully saturated rings. The average molecular weight is 564 g/mol. The van der Waals surface area contributed by atoms with Crippen LogP contribution in [0.2, 0.25) is 0 Å². The molecule has 31 heavy (non-hydrogen) atoms. The number of hydrogen-bond donors (Lipinski definition) is 1. The predicted molar refractivity (Wildman–Crippen MR) is 121 cm³/mol. The van der Waals surface area contributed by atoms with Crippen LogP contribution in [0, 0.1) is 0 Å². The van der Waals surface area contributed by atoms with E-state index in [1.165, 1.54) is 28.4 Å². The number of ether oxygens (including phenoxy) is 5. The minimum absolute atomic E-state index is 0.442. The lowest BCUT2D eigenvalue weighted by molar-refractivity contribution is -0.152. The van der Waals surface area contributed by atoms with Crippen LogP contribution in [-0.2, 0) is 23.8 Å². The van der Waals surface area contributed by atoms with Crippen molar-refractivity contribution in [2.24, 2.45) is 0 Å². The van der Waals surface area contributed by atoms with Crippen LogP contribution in [0.25, 0.3) is 0 Å². The summed E-state index contributed by atoms with van der Waals surface area (Å²) in [6.45, 7) is 0. The van der Waals surface area contributed by atoms with Crippen LogP contribution in [-0.4, -0.2) is 52.6 Å². The Bertz CT molecular complexity index is 888. The molecule has 0 saturated carbocycles.